The molecule has 1 aromatic heterocycles. The molecular formula is C17H17Cl2N3. The van der Waals surface area contributed by atoms with E-state index in [4.69, 9.17) is 28.2 Å². The van der Waals surface area contributed by atoms with E-state index >= 15 is 0 Å². The molecule has 22 heavy (non-hydrogen) atoms. The second-order valence-electron chi connectivity index (χ2n) is 5.00. The predicted octanol–water partition coefficient (Wildman–Crippen LogP) is 4.49. The number of fused-ring (bicyclic) bond motifs is 2. The summed E-state index contributed by atoms with van der Waals surface area (Å²) in [6.07, 6.45) is 0. The van der Waals surface area contributed by atoms with Crippen LogP contribution in [0.4, 0.5) is 5.69 Å². The van der Waals surface area contributed by atoms with Gasteiger partial charge in [-0.3, -0.25) is 0 Å². The molecule has 3 aromatic rings. The van der Waals surface area contributed by atoms with Gasteiger partial charge in [0.25, 0.3) is 0 Å². The zero-order valence-electron chi connectivity index (χ0n) is 12.1. The predicted molar refractivity (Wildman–Crippen MR) is 95.9 cm³/mol. The van der Waals surface area contributed by atoms with E-state index in [1.165, 1.54) is 0 Å². The van der Waals surface area contributed by atoms with Crippen molar-refractivity contribution in [3.63, 3.8) is 0 Å². The molecule has 0 atom stereocenters. The lowest BCUT2D eigenvalue weighted by atomic mass is 10.1. The number of aromatic nitrogens is 1. The van der Waals surface area contributed by atoms with Gasteiger partial charge in [0.15, 0.2) is 0 Å². The van der Waals surface area contributed by atoms with E-state index in [1.54, 1.807) is 0 Å². The van der Waals surface area contributed by atoms with Crippen LogP contribution in [0.2, 0.25) is 0 Å². The van der Waals surface area contributed by atoms with Crippen LogP contribution in [-0.2, 0) is 0 Å². The molecule has 0 bridgehead atoms. The highest BCUT2D eigenvalue weighted by Gasteiger charge is 2.11. The van der Waals surface area contributed by atoms with Gasteiger partial charge in [0.05, 0.1) is 16.7 Å². The second-order valence-corrected chi connectivity index (χ2v) is 5.75. The standard InChI is InChI=1S/C17H17Cl2N3/c18-9-11-22(12-10-19)21-17-13-5-1-3-7-15(13)20-16-8-4-2-6-14(16)17/h1-8H,9-12H2,(H,20,21). The topological polar surface area (TPSA) is 28.2 Å². The van der Waals surface area contributed by atoms with Gasteiger partial charge < -0.3 is 5.43 Å². The van der Waals surface area contributed by atoms with Crippen molar-refractivity contribution < 1.29 is 0 Å². The molecule has 0 unspecified atom stereocenters. The van der Waals surface area contributed by atoms with Crippen LogP contribution < -0.4 is 5.43 Å². The van der Waals surface area contributed by atoms with Crippen LogP contribution >= 0.6 is 23.2 Å². The molecule has 2 aromatic carbocycles. The first kappa shape index (κ1) is 15.3. The van der Waals surface area contributed by atoms with Crippen molar-refractivity contribution in [2.75, 3.05) is 30.3 Å². The quantitative estimate of drug-likeness (QED) is 0.409. The number of rotatable bonds is 6. The Kier molecular flexibility index (Phi) is 4.98. The lowest BCUT2D eigenvalue weighted by molar-refractivity contribution is 0.372. The number of hydrazine groups is 1. The summed E-state index contributed by atoms with van der Waals surface area (Å²) in [5, 5.41) is 4.24. The molecule has 0 aliphatic carbocycles. The van der Waals surface area contributed by atoms with Gasteiger partial charge in [0.2, 0.25) is 0 Å². The molecule has 0 saturated carbocycles. The molecule has 114 valence electrons. The molecular weight excluding hydrogens is 317 g/mol. The van der Waals surface area contributed by atoms with Gasteiger partial charge in [-0.1, -0.05) is 36.4 Å². The van der Waals surface area contributed by atoms with Crippen LogP contribution in [0.3, 0.4) is 0 Å². The number of alkyl halides is 2. The van der Waals surface area contributed by atoms with E-state index in [0.29, 0.717) is 11.8 Å². The maximum absolute atomic E-state index is 5.90. The third-order valence-corrected chi connectivity index (χ3v) is 3.90. The van der Waals surface area contributed by atoms with Crippen LogP contribution in [0.25, 0.3) is 21.8 Å². The first-order valence-electron chi connectivity index (χ1n) is 7.24. The average molecular weight is 334 g/mol. The summed E-state index contributed by atoms with van der Waals surface area (Å²) < 4.78 is 0. The fourth-order valence-electron chi connectivity index (χ4n) is 2.55. The van der Waals surface area contributed by atoms with Crippen molar-refractivity contribution in [1.82, 2.24) is 9.99 Å². The van der Waals surface area contributed by atoms with E-state index < -0.39 is 0 Å². The van der Waals surface area contributed by atoms with Crippen LogP contribution in [0.5, 0.6) is 0 Å². The number of anilines is 1. The summed E-state index contributed by atoms with van der Waals surface area (Å²) in [6.45, 7) is 1.44. The second kappa shape index (κ2) is 7.14. The largest absolute Gasteiger partial charge is 0.317 e. The molecule has 5 heteroatoms. The molecule has 3 nitrogen and oxygen atoms in total. The van der Waals surface area contributed by atoms with Crippen molar-refractivity contribution in [3.8, 4) is 0 Å². The first-order valence-corrected chi connectivity index (χ1v) is 8.31. The molecule has 0 fully saturated rings. The Morgan fingerprint density at radius 1 is 0.818 bits per heavy atom. The summed E-state index contributed by atoms with van der Waals surface area (Å²) >= 11 is 11.8. The van der Waals surface area contributed by atoms with Crippen LogP contribution in [0, 0.1) is 0 Å². The normalized spacial score (nSPS) is 11.4. The van der Waals surface area contributed by atoms with Crippen molar-refractivity contribution >= 4 is 50.7 Å². The van der Waals surface area contributed by atoms with Gasteiger partial charge in [-0.2, -0.15) is 0 Å². The average Bonchev–Trinajstić information content (AvgIpc) is 2.55. The summed E-state index contributed by atoms with van der Waals surface area (Å²) in [5.74, 6) is 1.09. The monoisotopic (exact) mass is 333 g/mol. The number of para-hydroxylation sites is 2. The summed E-state index contributed by atoms with van der Waals surface area (Å²) in [5.41, 5.74) is 6.49. The fraction of sp³-hybridized carbons (Fsp3) is 0.235. The SMILES string of the molecule is ClCCN(CCCl)Nc1c2ccccc2nc2ccccc12. The minimum Gasteiger partial charge on any atom is -0.317 e. The third kappa shape index (κ3) is 3.12. The Morgan fingerprint density at radius 2 is 1.32 bits per heavy atom. The Bertz CT molecular complexity index is 716. The van der Waals surface area contributed by atoms with Crippen molar-refractivity contribution in [1.29, 1.82) is 0 Å². The minimum absolute atomic E-state index is 0.546. The number of hydrogen-bond donors (Lipinski definition) is 1. The summed E-state index contributed by atoms with van der Waals surface area (Å²) in [7, 11) is 0. The third-order valence-electron chi connectivity index (χ3n) is 3.57. The van der Waals surface area contributed by atoms with Crippen LogP contribution in [0.15, 0.2) is 48.5 Å². The maximum atomic E-state index is 5.90. The van der Waals surface area contributed by atoms with E-state index in [9.17, 15) is 0 Å². The number of benzene rings is 2. The number of pyridine rings is 1. The Morgan fingerprint density at radius 3 is 1.82 bits per heavy atom. The lowest BCUT2D eigenvalue weighted by Gasteiger charge is -2.24. The van der Waals surface area contributed by atoms with Gasteiger partial charge >= 0.3 is 0 Å². The van der Waals surface area contributed by atoms with Gasteiger partial charge in [0, 0.05) is 35.6 Å². The molecule has 1 heterocycles. The highest BCUT2D eigenvalue weighted by molar-refractivity contribution is 6.18. The molecule has 0 radical (unpaired) electrons. The fourth-order valence-corrected chi connectivity index (χ4v) is 2.95. The number of nitrogens with zero attached hydrogens (tertiary/aromatic N) is 2. The summed E-state index contributed by atoms with van der Waals surface area (Å²) in [4.78, 5) is 4.73. The van der Waals surface area contributed by atoms with Gasteiger partial charge in [0.1, 0.15) is 0 Å². The first-order chi connectivity index (χ1) is 10.8. The van der Waals surface area contributed by atoms with Crippen LogP contribution in [-0.4, -0.2) is 34.8 Å². The van der Waals surface area contributed by atoms with Crippen molar-refractivity contribution in [2.45, 2.75) is 0 Å². The molecule has 1 N–H and O–H groups in total. The van der Waals surface area contributed by atoms with E-state index in [-0.39, 0.29) is 0 Å². The molecule has 0 aliphatic heterocycles. The molecule has 0 amide bonds. The Hall–Kier alpha value is -1.55. The Balaban J connectivity index is 2.14. The summed E-state index contributed by atoms with van der Waals surface area (Å²) in [6, 6.07) is 16.3. The molecule has 3 rings (SSSR count). The van der Waals surface area contributed by atoms with Crippen molar-refractivity contribution in [3.05, 3.63) is 48.5 Å². The van der Waals surface area contributed by atoms with Crippen molar-refractivity contribution in [2.24, 2.45) is 0 Å². The highest BCUT2D eigenvalue weighted by Crippen LogP contribution is 2.30. The lowest BCUT2D eigenvalue weighted by Crippen LogP contribution is -2.33. The molecule has 0 saturated heterocycles. The van der Waals surface area contributed by atoms with Gasteiger partial charge in [-0.05, 0) is 12.1 Å². The molecule has 0 aliphatic rings. The number of halogens is 2. The number of hydrogen-bond acceptors (Lipinski definition) is 3. The van der Waals surface area contributed by atoms with Gasteiger partial charge in [-0.15, -0.1) is 23.2 Å². The van der Waals surface area contributed by atoms with E-state index in [0.717, 1.165) is 40.6 Å². The zero-order valence-corrected chi connectivity index (χ0v) is 13.6. The Labute approximate surface area is 139 Å². The zero-order chi connectivity index (χ0) is 15.4. The highest BCUT2D eigenvalue weighted by atomic mass is 35.5. The van der Waals surface area contributed by atoms with Gasteiger partial charge in [-0.25, -0.2) is 9.99 Å². The maximum Gasteiger partial charge on any atom is 0.0731 e. The minimum atomic E-state index is 0.546. The van der Waals surface area contributed by atoms with Crippen LogP contribution in [0.1, 0.15) is 0 Å². The smallest absolute Gasteiger partial charge is 0.0731 e. The van der Waals surface area contributed by atoms with E-state index in [1.807, 2.05) is 41.4 Å². The number of nitrogens with one attached hydrogen (secondary N) is 1. The van der Waals surface area contributed by atoms with E-state index in [2.05, 4.69) is 17.6 Å². The molecule has 0 spiro atoms.